The third kappa shape index (κ3) is 3.03. The third-order valence-electron chi connectivity index (χ3n) is 4.99. The van der Waals surface area contributed by atoms with Crippen molar-refractivity contribution < 1.29 is 4.74 Å². The molecule has 0 heterocycles. The Morgan fingerprint density at radius 1 is 1.35 bits per heavy atom. The lowest BCUT2D eigenvalue weighted by Crippen LogP contribution is -2.41. The lowest BCUT2D eigenvalue weighted by atomic mass is 9.70. The summed E-state index contributed by atoms with van der Waals surface area (Å²) in [7, 11) is 1.82. The molecule has 2 heteroatoms. The van der Waals surface area contributed by atoms with Crippen LogP contribution in [0, 0.1) is 17.3 Å². The van der Waals surface area contributed by atoms with E-state index >= 15 is 0 Å². The van der Waals surface area contributed by atoms with Crippen LogP contribution < -0.4 is 5.32 Å². The van der Waals surface area contributed by atoms with Crippen LogP contribution in [0.15, 0.2) is 0 Å². The second-order valence-electron chi connectivity index (χ2n) is 6.57. The number of fused-ring (bicyclic) bond motifs is 2. The van der Waals surface area contributed by atoms with Gasteiger partial charge < -0.3 is 10.1 Å². The summed E-state index contributed by atoms with van der Waals surface area (Å²) in [5, 5.41) is 3.70. The standard InChI is InChI=1S/C15H29NO/c1-12(2)16-11-15(7-4-8-17-3)10-13-5-6-14(15)9-13/h12-14,16H,4-11H2,1-3H3. The zero-order valence-corrected chi connectivity index (χ0v) is 11.8. The van der Waals surface area contributed by atoms with Gasteiger partial charge in [-0.25, -0.2) is 0 Å². The van der Waals surface area contributed by atoms with Crippen molar-refractivity contribution in [3.05, 3.63) is 0 Å². The Bertz CT molecular complexity index is 241. The van der Waals surface area contributed by atoms with Crippen LogP contribution >= 0.6 is 0 Å². The lowest BCUT2D eigenvalue weighted by molar-refractivity contribution is 0.112. The van der Waals surface area contributed by atoms with E-state index in [-0.39, 0.29) is 0 Å². The minimum Gasteiger partial charge on any atom is -0.385 e. The van der Waals surface area contributed by atoms with Crippen LogP contribution in [0.1, 0.15) is 52.4 Å². The Kier molecular flexibility index (Phi) is 4.48. The number of ether oxygens (including phenoxy) is 1. The lowest BCUT2D eigenvalue weighted by Gasteiger charge is -2.39. The summed E-state index contributed by atoms with van der Waals surface area (Å²) in [4.78, 5) is 0. The summed E-state index contributed by atoms with van der Waals surface area (Å²) in [6.07, 6.45) is 8.56. The fourth-order valence-corrected chi connectivity index (χ4v) is 4.15. The Hall–Kier alpha value is -0.0800. The van der Waals surface area contributed by atoms with Crippen LogP contribution in [0.4, 0.5) is 0 Å². The van der Waals surface area contributed by atoms with Crippen molar-refractivity contribution >= 4 is 0 Å². The Morgan fingerprint density at radius 2 is 2.18 bits per heavy atom. The molecule has 0 amide bonds. The van der Waals surface area contributed by atoms with E-state index in [1.54, 1.807) is 0 Å². The molecule has 0 aromatic rings. The molecule has 2 rings (SSSR count). The SMILES string of the molecule is COCCCC1(CNC(C)C)CC2CCC1C2. The first-order valence-corrected chi connectivity index (χ1v) is 7.38. The van der Waals surface area contributed by atoms with E-state index in [0.29, 0.717) is 11.5 Å². The first-order valence-electron chi connectivity index (χ1n) is 7.38. The van der Waals surface area contributed by atoms with E-state index in [0.717, 1.165) is 18.4 Å². The van der Waals surface area contributed by atoms with Gasteiger partial charge in [0.05, 0.1) is 0 Å². The first kappa shape index (κ1) is 13.4. The molecule has 0 aromatic carbocycles. The van der Waals surface area contributed by atoms with Crippen molar-refractivity contribution in [2.45, 2.75) is 58.4 Å². The van der Waals surface area contributed by atoms with Crippen LogP contribution in [0.2, 0.25) is 0 Å². The summed E-state index contributed by atoms with van der Waals surface area (Å²) < 4.78 is 5.23. The van der Waals surface area contributed by atoms with E-state index in [1.165, 1.54) is 45.1 Å². The van der Waals surface area contributed by atoms with Crippen LogP contribution in [0.3, 0.4) is 0 Å². The summed E-state index contributed by atoms with van der Waals surface area (Å²) in [5.41, 5.74) is 0.603. The van der Waals surface area contributed by atoms with Gasteiger partial charge in [0.1, 0.15) is 0 Å². The normalized spacial score (nSPS) is 36.0. The largest absolute Gasteiger partial charge is 0.385 e. The first-order chi connectivity index (χ1) is 8.16. The fraction of sp³-hybridized carbons (Fsp3) is 1.00. The van der Waals surface area contributed by atoms with Gasteiger partial charge in [-0.3, -0.25) is 0 Å². The summed E-state index contributed by atoms with van der Waals surface area (Å²) >= 11 is 0. The van der Waals surface area contributed by atoms with E-state index < -0.39 is 0 Å². The van der Waals surface area contributed by atoms with Gasteiger partial charge in [0.2, 0.25) is 0 Å². The maximum absolute atomic E-state index is 5.23. The number of nitrogens with one attached hydrogen (secondary N) is 1. The minimum atomic E-state index is 0.603. The molecule has 2 saturated carbocycles. The monoisotopic (exact) mass is 239 g/mol. The van der Waals surface area contributed by atoms with E-state index in [9.17, 15) is 0 Å². The molecular formula is C15H29NO. The van der Waals surface area contributed by atoms with Crippen molar-refractivity contribution in [3.8, 4) is 0 Å². The Balaban J connectivity index is 1.92. The summed E-state index contributed by atoms with van der Waals surface area (Å²) in [5.74, 6) is 2.03. The fourth-order valence-electron chi connectivity index (χ4n) is 4.15. The molecule has 2 bridgehead atoms. The molecule has 0 spiro atoms. The van der Waals surface area contributed by atoms with E-state index in [1.807, 2.05) is 7.11 Å². The van der Waals surface area contributed by atoms with Gasteiger partial charge in [-0.05, 0) is 49.4 Å². The minimum absolute atomic E-state index is 0.603. The van der Waals surface area contributed by atoms with Crippen molar-refractivity contribution in [2.75, 3.05) is 20.3 Å². The van der Waals surface area contributed by atoms with Crippen molar-refractivity contribution in [1.82, 2.24) is 5.32 Å². The third-order valence-corrected chi connectivity index (χ3v) is 4.99. The highest BCUT2D eigenvalue weighted by atomic mass is 16.5. The quantitative estimate of drug-likeness (QED) is 0.689. The Labute approximate surface area is 107 Å². The van der Waals surface area contributed by atoms with Crippen molar-refractivity contribution in [2.24, 2.45) is 17.3 Å². The molecule has 0 saturated heterocycles. The van der Waals surface area contributed by atoms with Crippen molar-refractivity contribution in [3.63, 3.8) is 0 Å². The highest BCUT2D eigenvalue weighted by Crippen LogP contribution is 2.57. The average Bonchev–Trinajstić information content (AvgIpc) is 2.87. The number of methoxy groups -OCH3 is 1. The van der Waals surface area contributed by atoms with Gasteiger partial charge in [-0.15, -0.1) is 0 Å². The number of hydrogen-bond donors (Lipinski definition) is 1. The molecule has 1 N–H and O–H groups in total. The van der Waals surface area contributed by atoms with Gasteiger partial charge >= 0.3 is 0 Å². The molecular weight excluding hydrogens is 210 g/mol. The zero-order chi connectivity index (χ0) is 12.3. The van der Waals surface area contributed by atoms with Crippen LogP contribution in [-0.2, 0) is 4.74 Å². The topological polar surface area (TPSA) is 21.3 Å². The predicted molar refractivity (Wildman–Crippen MR) is 72.1 cm³/mol. The van der Waals surface area contributed by atoms with Gasteiger partial charge in [0.25, 0.3) is 0 Å². The maximum Gasteiger partial charge on any atom is 0.0462 e. The molecule has 0 aliphatic heterocycles. The molecule has 2 aliphatic carbocycles. The molecule has 3 unspecified atom stereocenters. The van der Waals surface area contributed by atoms with Gasteiger partial charge in [-0.1, -0.05) is 20.3 Å². The molecule has 100 valence electrons. The second-order valence-corrected chi connectivity index (χ2v) is 6.57. The number of rotatable bonds is 7. The molecule has 3 atom stereocenters. The predicted octanol–water partition coefficient (Wildman–Crippen LogP) is 3.22. The molecule has 0 aromatic heterocycles. The van der Waals surface area contributed by atoms with E-state index in [2.05, 4.69) is 19.2 Å². The molecule has 2 nitrogen and oxygen atoms in total. The molecule has 0 radical (unpaired) electrons. The second kappa shape index (κ2) is 5.71. The zero-order valence-electron chi connectivity index (χ0n) is 11.8. The van der Waals surface area contributed by atoms with Gasteiger partial charge in [-0.2, -0.15) is 0 Å². The summed E-state index contributed by atoms with van der Waals surface area (Å²) in [6.45, 7) is 6.68. The van der Waals surface area contributed by atoms with Gasteiger partial charge in [0.15, 0.2) is 0 Å². The maximum atomic E-state index is 5.23. The highest BCUT2D eigenvalue weighted by molar-refractivity contribution is 5.01. The smallest absolute Gasteiger partial charge is 0.0462 e. The summed E-state index contributed by atoms with van der Waals surface area (Å²) in [6, 6.07) is 0.619. The average molecular weight is 239 g/mol. The highest BCUT2D eigenvalue weighted by Gasteiger charge is 2.49. The molecule has 2 fully saturated rings. The van der Waals surface area contributed by atoms with E-state index in [4.69, 9.17) is 4.74 Å². The molecule has 2 aliphatic rings. The van der Waals surface area contributed by atoms with Crippen molar-refractivity contribution in [1.29, 1.82) is 0 Å². The van der Waals surface area contributed by atoms with Gasteiger partial charge in [0, 0.05) is 26.3 Å². The van der Waals surface area contributed by atoms with Crippen LogP contribution in [0.5, 0.6) is 0 Å². The Morgan fingerprint density at radius 3 is 2.71 bits per heavy atom. The number of hydrogen-bond acceptors (Lipinski definition) is 2. The van der Waals surface area contributed by atoms with Crippen LogP contribution in [0.25, 0.3) is 0 Å². The molecule has 17 heavy (non-hydrogen) atoms. The van der Waals surface area contributed by atoms with Crippen LogP contribution in [-0.4, -0.2) is 26.3 Å².